The van der Waals surface area contributed by atoms with Crippen LogP contribution in [0, 0.1) is 0 Å². The molecule has 18 heavy (non-hydrogen) atoms. The fourth-order valence-electron chi connectivity index (χ4n) is 2.49. The van der Waals surface area contributed by atoms with Crippen LogP contribution in [0.2, 0.25) is 0 Å². The summed E-state index contributed by atoms with van der Waals surface area (Å²) in [6.07, 6.45) is 0.937. The quantitative estimate of drug-likeness (QED) is 0.855. The first-order valence-electron chi connectivity index (χ1n) is 6.92. The van der Waals surface area contributed by atoms with Crippen LogP contribution in [0.15, 0.2) is 18.2 Å². The van der Waals surface area contributed by atoms with Crippen molar-refractivity contribution >= 4 is 0 Å². The molecular weight excluding hydrogens is 224 g/mol. The lowest BCUT2D eigenvalue weighted by Gasteiger charge is -2.27. The molecule has 0 unspecified atom stereocenters. The molecule has 1 heterocycles. The van der Waals surface area contributed by atoms with Gasteiger partial charge in [0.25, 0.3) is 0 Å². The minimum absolute atomic E-state index is 0.379. The number of hydrogen-bond donors (Lipinski definition) is 2. The lowest BCUT2D eigenvalue weighted by atomic mass is 9.98. The van der Waals surface area contributed by atoms with E-state index in [0.29, 0.717) is 11.7 Å². The van der Waals surface area contributed by atoms with E-state index in [2.05, 4.69) is 30.1 Å². The van der Waals surface area contributed by atoms with E-state index in [1.54, 1.807) is 0 Å². The number of nitrogens with zero attached hydrogens (tertiary/aromatic N) is 1. The molecule has 3 nitrogen and oxygen atoms in total. The molecule has 0 radical (unpaired) electrons. The summed E-state index contributed by atoms with van der Waals surface area (Å²) in [5.41, 5.74) is 2.15. The van der Waals surface area contributed by atoms with Crippen molar-refractivity contribution in [3.8, 4) is 5.75 Å². The average Bonchev–Trinajstić information content (AvgIpc) is 2.38. The molecule has 0 aliphatic carbocycles. The van der Waals surface area contributed by atoms with Crippen LogP contribution in [0.1, 0.15) is 30.9 Å². The van der Waals surface area contributed by atoms with Crippen molar-refractivity contribution in [2.45, 2.75) is 26.2 Å². The van der Waals surface area contributed by atoms with E-state index >= 15 is 0 Å². The van der Waals surface area contributed by atoms with Crippen LogP contribution in [-0.2, 0) is 6.42 Å². The van der Waals surface area contributed by atoms with Crippen LogP contribution < -0.4 is 5.32 Å². The van der Waals surface area contributed by atoms with Crippen molar-refractivity contribution in [2.24, 2.45) is 0 Å². The highest BCUT2D eigenvalue weighted by Crippen LogP contribution is 2.29. The number of piperazine rings is 1. The Bertz CT molecular complexity index is 384. The van der Waals surface area contributed by atoms with E-state index in [1.165, 1.54) is 0 Å². The second kappa shape index (κ2) is 6.21. The van der Waals surface area contributed by atoms with Gasteiger partial charge in [0.1, 0.15) is 5.75 Å². The van der Waals surface area contributed by atoms with Gasteiger partial charge in [-0.15, -0.1) is 0 Å². The molecule has 1 aromatic rings. The minimum atomic E-state index is 0.379. The molecular formula is C15H24N2O. The SMILES string of the molecule is CC(C)c1cccc(CCN2CCNCC2)c1O. The predicted molar refractivity (Wildman–Crippen MR) is 75.2 cm³/mol. The Hall–Kier alpha value is -1.06. The number of phenolic OH excluding ortho intramolecular Hbond substituents is 1. The summed E-state index contributed by atoms with van der Waals surface area (Å²) >= 11 is 0. The molecule has 3 heteroatoms. The van der Waals surface area contributed by atoms with Gasteiger partial charge in [0.15, 0.2) is 0 Å². The normalized spacial score (nSPS) is 17.3. The maximum Gasteiger partial charge on any atom is 0.122 e. The Labute approximate surface area is 110 Å². The number of nitrogens with one attached hydrogen (secondary N) is 1. The smallest absolute Gasteiger partial charge is 0.122 e. The summed E-state index contributed by atoms with van der Waals surface area (Å²) in [4.78, 5) is 2.46. The van der Waals surface area contributed by atoms with E-state index in [-0.39, 0.29) is 0 Å². The van der Waals surface area contributed by atoms with E-state index in [0.717, 1.165) is 50.3 Å². The summed E-state index contributed by atoms with van der Waals surface area (Å²) in [5.74, 6) is 0.881. The molecule has 0 bridgehead atoms. The second-order valence-electron chi connectivity index (χ2n) is 5.35. The van der Waals surface area contributed by atoms with E-state index < -0.39 is 0 Å². The molecule has 0 amide bonds. The highest BCUT2D eigenvalue weighted by Gasteiger charge is 2.13. The third-order valence-corrected chi connectivity index (χ3v) is 3.68. The standard InChI is InChI=1S/C15H24N2O/c1-12(2)14-5-3-4-13(15(14)18)6-9-17-10-7-16-8-11-17/h3-5,12,16,18H,6-11H2,1-2H3. The van der Waals surface area contributed by atoms with Crippen molar-refractivity contribution in [2.75, 3.05) is 32.7 Å². The van der Waals surface area contributed by atoms with Gasteiger partial charge in [-0.1, -0.05) is 32.0 Å². The molecule has 1 aliphatic rings. The second-order valence-corrected chi connectivity index (χ2v) is 5.35. The molecule has 100 valence electrons. The Morgan fingerprint density at radius 1 is 1.28 bits per heavy atom. The van der Waals surface area contributed by atoms with E-state index in [4.69, 9.17) is 0 Å². The fourth-order valence-corrected chi connectivity index (χ4v) is 2.49. The average molecular weight is 248 g/mol. The van der Waals surface area contributed by atoms with Crippen molar-refractivity contribution in [1.82, 2.24) is 10.2 Å². The first kappa shape index (κ1) is 13.4. The molecule has 1 saturated heterocycles. The predicted octanol–water partition coefficient (Wildman–Crippen LogP) is 1.96. The fraction of sp³-hybridized carbons (Fsp3) is 0.600. The Morgan fingerprint density at radius 3 is 2.67 bits per heavy atom. The van der Waals surface area contributed by atoms with Crippen molar-refractivity contribution in [3.05, 3.63) is 29.3 Å². The monoisotopic (exact) mass is 248 g/mol. The Balaban J connectivity index is 1.98. The van der Waals surface area contributed by atoms with Crippen molar-refractivity contribution < 1.29 is 5.11 Å². The molecule has 2 rings (SSSR count). The summed E-state index contributed by atoms with van der Waals surface area (Å²) in [6.45, 7) is 9.67. The zero-order valence-corrected chi connectivity index (χ0v) is 11.4. The molecule has 0 atom stereocenters. The van der Waals surface area contributed by atoms with Gasteiger partial charge in [0, 0.05) is 32.7 Å². The molecule has 0 saturated carbocycles. The summed E-state index contributed by atoms with van der Waals surface area (Å²) in [7, 11) is 0. The summed E-state index contributed by atoms with van der Waals surface area (Å²) < 4.78 is 0. The number of aromatic hydroxyl groups is 1. The van der Waals surface area contributed by atoms with Crippen LogP contribution in [0.25, 0.3) is 0 Å². The molecule has 1 fully saturated rings. The van der Waals surface area contributed by atoms with Crippen LogP contribution >= 0.6 is 0 Å². The third-order valence-electron chi connectivity index (χ3n) is 3.68. The number of rotatable bonds is 4. The third kappa shape index (κ3) is 3.24. The van der Waals surface area contributed by atoms with Crippen LogP contribution in [0.3, 0.4) is 0 Å². The van der Waals surface area contributed by atoms with E-state index in [9.17, 15) is 5.11 Å². The van der Waals surface area contributed by atoms with Crippen molar-refractivity contribution in [3.63, 3.8) is 0 Å². The molecule has 2 N–H and O–H groups in total. The van der Waals surface area contributed by atoms with Gasteiger partial charge < -0.3 is 15.3 Å². The lowest BCUT2D eigenvalue weighted by molar-refractivity contribution is 0.243. The zero-order valence-electron chi connectivity index (χ0n) is 11.4. The summed E-state index contributed by atoms with van der Waals surface area (Å²) in [5, 5.41) is 13.6. The zero-order chi connectivity index (χ0) is 13.0. The van der Waals surface area contributed by atoms with Crippen LogP contribution in [-0.4, -0.2) is 42.7 Å². The Morgan fingerprint density at radius 2 is 2.00 bits per heavy atom. The highest BCUT2D eigenvalue weighted by atomic mass is 16.3. The Kier molecular flexibility index (Phi) is 4.61. The maximum absolute atomic E-state index is 10.3. The molecule has 1 aliphatic heterocycles. The topological polar surface area (TPSA) is 35.5 Å². The van der Waals surface area contributed by atoms with Gasteiger partial charge in [0.05, 0.1) is 0 Å². The molecule has 0 spiro atoms. The van der Waals surface area contributed by atoms with E-state index in [1.807, 2.05) is 12.1 Å². The van der Waals surface area contributed by atoms with Gasteiger partial charge in [-0.05, 0) is 23.5 Å². The van der Waals surface area contributed by atoms with Gasteiger partial charge in [0.2, 0.25) is 0 Å². The van der Waals surface area contributed by atoms with Gasteiger partial charge in [-0.2, -0.15) is 0 Å². The number of para-hydroxylation sites is 1. The first-order chi connectivity index (χ1) is 8.68. The van der Waals surface area contributed by atoms with Crippen LogP contribution in [0.4, 0.5) is 0 Å². The molecule has 0 aromatic heterocycles. The lowest BCUT2D eigenvalue weighted by Crippen LogP contribution is -2.44. The number of phenols is 1. The maximum atomic E-state index is 10.3. The molecule has 1 aromatic carbocycles. The van der Waals surface area contributed by atoms with Crippen molar-refractivity contribution in [1.29, 1.82) is 0 Å². The van der Waals surface area contributed by atoms with Gasteiger partial charge >= 0.3 is 0 Å². The van der Waals surface area contributed by atoms with Crippen LogP contribution in [0.5, 0.6) is 5.75 Å². The van der Waals surface area contributed by atoms with Gasteiger partial charge in [-0.25, -0.2) is 0 Å². The largest absolute Gasteiger partial charge is 0.507 e. The highest BCUT2D eigenvalue weighted by molar-refractivity contribution is 5.42. The number of hydrogen-bond acceptors (Lipinski definition) is 3. The first-order valence-corrected chi connectivity index (χ1v) is 6.92. The minimum Gasteiger partial charge on any atom is -0.507 e. The number of benzene rings is 1. The summed E-state index contributed by atoms with van der Waals surface area (Å²) in [6, 6.07) is 6.12. The van der Waals surface area contributed by atoms with Gasteiger partial charge in [-0.3, -0.25) is 0 Å².